The molecule has 0 aliphatic carbocycles. The molecule has 0 spiro atoms. The molecule has 0 unspecified atom stereocenters. The fourth-order valence-corrected chi connectivity index (χ4v) is 3.86. The first-order valence-corrected chi connectivity index (χ1v) is 10.4. The average Bonchev–Trinajstić information content (AvgIpc) is 2.64. The summed E-state index contributed by atoms with van der Waals surface area (Å²) in [5.41, 5.74) is 1.98. The van der Waals surface area contributed by atoms with E-state index >= 15 is 0 Å². The zero-order valence-corrected chi connectivity index (χ0v) is 17.0. The quantitative estimate of drug-likeness (QED) is 0.255. The fourth-order valence-electron chi connectivity index (χ4n) is 2.30. The number of halogens is 2. The molecule has 0 aliphatic rings. The summed E-state index contributed by atoms with van der Waals surface area (Å²) in [5, 5.41) is 15.6. The van der Waals surface area contributed by atoms with Crippen molar-refractivity contribution < 1.29 is 18.2 Å². The summed E-state index contributed by atoms with van der Waals surface area (Å²) in [5.74, 6) is -0.540. The van der Waals surface area contributed by atoms with E-state index in [-0.39, 0.29) is 22.8 Å². The van der Waals surface area contributed by atoms with E-state index in [0.29, 0.717) is 16.3 Å². The molecule has 0 fully saturated rings. The van der Waals surface area contributed by atoms with E-state index in [9.17, 15) is 18.5 Å². The Hall–Kier alpha value is -2.42. The molecule has 0 N–H and O–H groups in total. The standard InChI is InChI=1S/C18H16Cl2N2O5S/c1-13(21-27-10-2-9-19)14-3-8-18(22(23)24)15(11-14)12-28(25,26)17-6-4-16(20)5-7-17/h2-9,11H,10,12H2,1H3/b9-2+,21-13-. The van der Waals surface area contributed by atoms with E-state index in [1.807, 2.05) is 0 Å². The first-order chi connectivity index (χ1) is 13.2. The first-order valence-electron chi connectivity index (χ1n) is 7.92. The van der Waals surface area contributed by atoms with Gasteiger partial charge in [-0.05, 0) is 55.0 Å². The number of oxime groups is 1. The molecule has 2 aromatic rings. The van der Waals surface area contributed by atoms with Gasteiger partial charge in [0.2, 0.25) is 0 Å². The minimum absolute atomic E-state index is 0.0261. The second-order valence-electron chi connectivity index (χ2n) is 5.65. The third-order valence-corrected chi connectivity index (χ3v) is 5.79. The highest BCUT2D eigenvalue weighted by Gasteiger charge is 2.23. The van der Waals surface area contributed by atoms with Crippen LogP contribution in [-0.4, -0.2) is 25.7 Å². The van der Waals surface area contributed by atoms with Gasteiger partial charge in [-0.1, -0.05) is 28.4 Å². The molecule has 0 bridgehead atoms. The minimum atomic E-state index is -3.81. The van der Waals surface area contributed by atoms with Crippen LogP contribution in [0.1, 0.15) is 18.1 Å². The van der Waals surface area contributed by atoms with Gasteiger partial charge in [-0.15, -0.1) is 0 Å². The molecule has 7 nitrogen and oxygen atoms in total. The lowest BCUT2D eigenvalue weighted by Crippen LogP contribution is -2.08. The number of hydrogen-bond acceptors (Lipinski definition) is 6. The van der Waals surface area contributed by atoms with Crippen molar-refractivity contribution in [2.45, 2.75) is 17.6 Å². The van der Waals surface area contributed by atoms with Crippen molar-refractivity contribution in [3.05, 3.63) is 80.3 Å². The van der Waals surface area contributed by atoms with Crippen LogP contribution in [0.5, 0.6) is 0 Å². The van der Waals surface area contributed by atoms with Crippen molar-refractivity contribution in [2.75, 3.05) is 6.61 Å². The van der Waals surface area contributed by atoms with Crippen LogP contribution in [0, 0.1) is 10.1 Å². The second kappa shape index (κ2) is 9.68. The minimum Gasteiger partial charge on any atom is -0.391 e. The average molecular weight is 443 g/mol. The number of nitrogens with zero attached hydrogens (tertiary/aromatic N) is 2. The van der Waals surface area contributed by atoms with E-state index in [2.05, 4.69) is 5.16 Å². The van der Waals surface area contributed by atoms with Gasteiger partial charge in [0.15, 0.2) is 9.84 Å². The van der Waals surface area contributed by atoms with Gasteiger partial charge < -0.3 is 4.84 Å². The van der Waals surface area contributed by atoms with Crippen LogP contribution in [0.2, 0.25) is 5.02 Å². The Kier molecular flexibility index (Phi) is 7.56. The maximum atomic E-state index is 12.7. The fraction of sp³-hybridized carbons (Fsp3) is 0.167. The molecule has 0 aromatic heterocycles. The van der Waals surface area contributed by atoms with Crippen molar-refractivity contribution in [1.29, 1.82) is 0 Å². The predicted molar refractivity (Wildman–Crippen MR) is 109 cm³/mol. The van der Waals surface area contributed by atoms with Gasteiger partial charge in [-0.3, -0.25) is 10.1 Å². The molecular weight excluding hydrogens is 427 g/mol. The van der Waals surface area contributed by atoms with E-state index < -0.39 is 20.5 Å². The summed E-state index contributed by atoms with van der Waals surface area (Å²) >= 11 is 11.2. The highest BCUT2D eigenvalue weighted by Crippen LogP contribution is 2.26. The van der Waals surface area contributed by atoms with Crippen LogP contribution in [0.25, 0.3) is 0 Å². The lowest BCUT2D eigenvalue weighted by atomic mass is 10.1. The summed E-state index contributed by atoms with van der Waals surface area (Å²) in [6.07, 6.45) is 1.54. The van der Waals surface area contributed by atoms with Crippen LogP contribution in [-0.2, 0) is 20.4 Å². The Morgan fingerprint density at radius 1 is 1.25 bits per heavy atom. The number of nitro groups is 1. The molecule has 0 saturated carbocycles. The van der Waals surface area contributed by atoms with Crippen molar-refractivity contribution in [3.8, 4) is 0 Å². The maximum Gasteiger partial charge on any atom is 0.273 e. The number of hydrogen-bond donors (Lipinski definition) is 0. The monoisotopic (exact) mass is 442 g/mol. The Labute approximate surface area is 172 Å². The molecule has 0 aliphatic heterocycles. The number of nitro benzene ring substituents is 1. The van der Waals surface area contributed by atoms with Gasteiger partial charge in [-0.2, -0.15) is 0 Å². The van der Waals surface area contributed by atoms with Crippen molar-refractivity contribution in [3.63, 3.8) is 0 Å². The zero-order chi connectivity index (χ0) is 20.7. The van der Waals surface area contributed by atoms with Gasteiger partial charge in [0.05, 0.1) is 21.3 Å². The molecule has 0 saturated heterocycles. The van der Waals surface area contributed by atoms with Gasteiger partial charge in [0.25, 0.3) is 5.69 Å². The molecule has 0 amide bonds. The number of rotatable bonds is 8. The largest absolute Gasteiger partial charge is 0.391 e. The summed E-state index contributed by atoms with van der Waals surface area (Å²) in [4.78, 5) is 15.8. The summed E-state index contributed by atoms with van der Waals surface area (Å²) in [6, 6.07) is 9.77. The third kappa shape index (κ3) is 5.79. The highest BCUT2D eigenvalue weighted by atomic mass is 35.5. The molecule has 2 rings (SSSR count). The second-order valence-corrected chi connectivity index (χ2v) is 8.33. The smallest absolute Gasteiger partial charge is 0.273 e. The predicted octanol–water partition coefficient (Wildman–Crippen LogP) is 4.72. The van der Waals surface area contributed by atoms with Crippen LogP contribution in [0.15, 0.2) is 64.1 Å². The highest BCUT2D eigenvalue weighted by molar-refractivity contribution is 7.90. The summed E-state index contributed by atoms with van der Waals surface area (Å²) < 4.78 is 25.3. The van der Waals surface area contributed by atoms with E-state index in [4.69, 9.17) is 28.0 Å². The number of benzene rings is 2. The van der Waals surface area contributed by atoms with Crippen LogP contribution < -0.4 is 0 Å². The molecule has 148 valence electrons. The van der Waals surface area contributed by atoms with Crippen molar-refractivity contribution in [2.24, 2.45) is 5.16 Å². The lowest BCUT2D eigenvalue weighted by Gasteiger charge is -2.08. The van der Waals surface area contributed by atoms with Crippen molar-refractivity contribution >= 4 is 44.4 Å². The number of sulfone groups is 1. The van der Waals surface area contributed by atoms with E-state index in [1.54, 1.807) is 6.92 Å². The Bertz CT molecular complexity index is 1020. The van der Waals surface area contributed by atoms with Crippen LogP contribution >= 0.6 is 23.2 Å². The van der Waals surface area contributed by atoms with Gasteiger partial charge in [-0.25, -0.2) is 8.42 Å². The zero-order valence-electron chi connectivity index (χ0n) is 14.7. The van der Waals surface area contributed by atoms with E-state index in [0.717, 1.165) is 0 Å². The molecular formula is C18H16Cl2N2O5S. The molecule has 10 heteroatoms. The topological polar surface area (TPSA) is 98.9 Å². The maximum absolute atomic E-state index is 12.7. The van der Waals surface area contributed by atoms with Gasteiger partial charge in [0.1, 0.15) is 6.61 Å². The SMILES string of the molecule is C/C(=N/OC/C=C/Cl)c1ccc([N+](=O)[O-])c(CS(=O)(=O)c2ccc(Cl)cc2)c1. The van der Waals surface area contributed by atoms with Crippen LogP contribution in [0.3, 0.4) is 0 Å². The molecule has 0 atom stereocenters. The van der Waals surface area contributed by atoms with Gasteiger partial charge in [0, 0.05) is 22.2 Å². The Balaban J connectivity index is 2.38. The van der Waals surface area contributed by atoms with Crippen LogP contribution in [0.4, 0.5) is 5.69 Å². The first kappa shape index (κ1) is 21.9. The lowest BCUT2D eigenvalue weighted by molar-refractivity contribution is -0.385. The molecule has 2 aromatic carbocycles. The molecule has 0 heterocycles. The van der Waals surface area contributed by atoms with Gasteiger partial charge >= 0.3 is 0 Å². The molecule has 0 radical (unpaired) electrons. The van der Waals surface area contributed by atoms with Crippen molar-refractivity contribution in [1.82, 2.24) is 0 Å². The van der Waals surface area contributed by atoms with E-state index in [1.165, 1.54) is 54.1 Å². The summed E-state index contributed by atoms with van der Waals surface area (Å²) in [7, 11) is -3.81. The summed E-state index contributed by atoms with van der Waals surface area (Å²) in [6.45, 7) is 1.80. The normalized spacial score (nSPS) is 12.3. The third-order valence-electron chi connectivity index (χ3n) is 3.67. The Morgan fingerprint density at radius 2 is 1.93 bits per heavy atom. The molecule has 28 heavy (non-hydrogen) atoms. The Morgan fingerprint density at radius 3 is 2.54 bits per heavy atom.